The van der Waals surface area contributed by atoms with Crippen LogP contribution in [0.4, 0.5) is 0 Å². The van der Waals surface area contributed by atoms with Crippen molar-refractivity contribution in [2.75, 3.05) is 0 Å². The van der Waals surface area contributed by atoms with Crippen molar-refractivity contribution in [3.8, 4) is 6.07 Å². The van der Waals surface area contributed by atoms with Crippen LogP contribution in [0.5, 0.6) is 0 Å². The zero-order valence-electron chi connectivity index (χ0n) is 8.79. The van der Waals surface area contributed by atoms with Crippen LogP contribution in [0.15, 0.2) is 0 Å². The second-order valence-corrected chi connectivity index (χ2v) is 5.67. The van der Waals surface area contributed by atoms with Gasteiger partial charge in [0.25, 0.3) is 0 Å². The summed E-state index contributed by atoms with van der Waals surface area (Å²) in [6, 6.07) is 2.31. The zero-order valence-corrected chi connectivity index (χ0v) is 9.61. The average molecular weight is 206 g/mol. The smallest absolute Gasteiger partial charge is 0.113 e. The van der Waals surface area contributed by atoms with Gasteiger partial charge in [0.15, 0.2) is 0 Å². The Hall–Kier alpha value is -0.880. The molecule has 1 saturated carbocycles. The van der Waals surface area contributed by atoms with Crippen molar-refractivity contribution in [1.82, 2.24) is 4.98 Å². The SMILES string of the molecule is Cc1sc(C(C)(C)C#N)nc1C1CC1. The number of nitrogens with zero attached hydrogens (tertiary/aromatic N) is 2. The van der Waals surface area contributed by atoms with Gasteiger partial charge in [-0.3, -0.25) is 0 Å². The molecule has 0 saturated heterocycles. The molecule has 1 aliphatic carbocycles. The summed E-state index contributed by atoms with van der Waals surface area (Å²) in [5.41, 5.74) is 0.816. The molecule has 2 nitrogen and oxygen atoms in total. The van der Waals surface area contributed by atoms with Crippen LogP contribution in [-0.2, 0) is 5.41 Å². The average Bonchev–Trinajstić information content (AvgIpc) is 2.90. The van der Waals surface area contributed by atoms with Crippen molar-refractivity contribution < 1.29 is 0 Å². The van der Waals surface area contributed by atoms with Gasteiger partial charge in [-0.25, -0.2) is 4.98 Å². The summed E-state index contributed by atoms with van der Waals surface area (Å²) in [5, 5.41) is 9.99. The highest BCUT2D eigenvalue weighted by molar-refractivity contribution is 7.11. The second-order valence-electron chi connectivity index (χ2n) is 4.47. The Kier molecular flexibility index (Phi) is 2.11. The van der Waals surface area contributed by atoms with Crippen molar-refractivity contribution >= 4 is 11.3 Å². The maximum atomic E-state index is 9.02. The number of aryl methyl sites for hydroxylation is 1. The fraction of sp³-hybridized carbons (Fsp3) is 0.636. The minimum Gasteiger partial charge on any atom is -0.244 e. The van der Waals surface area contributed by atoms with Crippen LogP contribution < -0.4 is 0 Å². The number of aromatic nitrogens is 1. The molecule has 0 spiro atoms. The number of hydrogen-bond acceptors (Lipinski definition) is 3. The molecule has 0 amide bonds. The molecule has 0 N–H and O–H groups in total. The molecule has 0 atom stereocenters. The lowest BCUT2D eigenvalue weighted by Gasteiger charge is -2.09. The van der Waals surface area contributed by atoms with Gasteiger partial charge in [0.1, 0.15) is 10.4 Å². The van der Waals surface area contributed by atoms with E-state index in [2.05, 4.69) is 18.0 Å². The molecule has 0 radical (unpaired) electrons. The monoisotopic (exact) mass is 206 g/mol. The first kappa shape index (κ1) is 9.67. The van der Waals surface area contributed by atoms with Gasteiger partial charge in [-0.2, -0.15) is 5.26 Å². The minimum absolute atomic E-state index is 0.428. The molecule has 1 fully saturated rings. The third-order valence-corrected chi connectivity index (χ3v) is 3.92. The van der Waals surface area contributed by atoms with E-state index in [1.165, 1.54) is 23.4 Å². The third kappa shape index (κ3) is 1.55. The van der Waals surface area contributed by atoms with Gasteiger partial charge < -0.3 is 0 Å². The fourth-order valence-corrected chi connectivity index (χ4v) is 2.51. The normalized spacial score (nSPS) is 16.7. The van der Waals surface area contributed by atoms with E-state index in [0.29, 0.717) is 5.92 Å². The van der Waals surface area contributed by atoms with E-state index < -0.39 is 5.41 Å². The van der Waals surface area contributed by atoms with E-state index in [-0.39, 0.29) is 0 Å². The highest BCUT2D eigenvalue weighted by Gasteiger charge is 2.31. The Bertz CT molecular complexity index is 394. The van der Waals surface area contributed by atoms with Gasteiger partial charge in [-0.15, -0.1) is 11.3 Å². The summed E-state index contributed by atoms with van der Waals surface area (Å²) in [7, 11) is 0. The molecule has 0 aromatic carbocycles. The molecular formula is C11H14N2S. The quantitative estimate of drug-likeness (QED) is 0.745. The van der Waals surface area contributed by atoms with Gasteiger partial charge >= 0.3 is 0 Å². The van der Waals surface area contributed by atoms with Crippen LogP contribution in [0.1, 0.15) is 48.2 Å². The van der Waals surface area contributed by atoms with E-state index in [1.54, 1.807) is 11.3 Å². The first-order chi connectivity index (χ1) is 6.54. The van der Waals surface area contributed by atoms with Crippen molar-refractivity contribution in [2.24, 2.45) is 0 Å². The second kappa shape index (κ2) is 3.06. The molecule has 1 heterocycles. The lowest BCUT2D eigenvalue weighted by atomic mass is 9.97. The van der Waals surface area contributed by atoms with E-state index in [9.17, 15) is 0 Å². The predicted molar refractivity (Wildman–Crippen MR) is 57.5 cm³/mol. The highest BCUT2D eigenvalue weighted by atomic mass is 32.1. The molecule has 2 rings (SSSR count). The molecule has 1 aliphatic rings. The van der Waals surface area contributed by atoms with E-state index in [4.69, 9.17) is 5.26 Å². The summed E-state index contributed by atoms with van der Waals surface area (Å²) in [6.07, 6.45) is 2.55. The Morgan fingerprint density at radius 1 is 1.50 bits per heavy atom. The van der Waals surface area contributed by atoms with Crippen molar-refractivity contribution in [3.05, 3.63) is 15.6 Å². The van der Waals surface area contributed by atoms with Gasteiger partial charge in [-0.05, 0) is 33.6 Å². The minimum atomic E-state index is -0.428. The summed E-state index contributed by atoms with van der Waals surface area (Å²) in [4.78, 5) is 5.91. The van der Waals surface area contributed by atoms with Crippen LogP contribution in [0, 0.1) is 18.3 Å². The first-order valence-corrected chi connectivity index (χ1v) is 5.75. The molecule has 1 aromatic heterocycles. The first-order valence-electron chi connectivity index (χ1n) is 4.93. The maximum absolute atomic E-state index is 9.02. The number of hydrogen-bond donors (Lipinski definition) is 0. The number of thiazole rings is 1. The van der Waals surface area contributed by atoms with Crippen LogP contribution in [-0.4, -0.2) is 4.98 Å². The molecule has 1 aromatic rings. The molecule has 0 bridgehead atoms. The van der Waals surface area contributed by atoms with Gasteiger partial charge in [-0.1, -0.05) is 0 Å². The van der Waals surface area contributed by atoms with E-state index in [0.717, 1.165) is 5.01 Å². The molecular weight excluding hydrogens is 192 g/mol. The van der Waals surface area contributed by atoms with Crippen molar-refractivity contribution in [3.63, 3.8) is 0 Å². The van der Waals surface area contributed by atoms with E-state index >= 15 is 0 Å². The largest absolute Gasteiger partial charge is 0.244 e. The van der Waals surface area contributed by atoms with Crippen molar-refractivity contribution in [2.45, 2.75) is 44.9 Å². The van der Waals surface area contributed by atoms with Crippen LogP contribution in [0.2, 0.25) is 0 Å². The Balaban J connectivity index is 2.37. The third-order valence-electron chi connectivity index (χ3n) is 2.61. The van der Waals surface area contributed by atoms with Gasteiger partial charge in [0, 0.05) is 10.8 Å². The maximum Gasteiger partial charge on any atom is 0.113 e. The Labute approximate surface area is 88.6 Å². The summed E-state index contributed by atoms with van der Waals surface area (Å²) in [6.45, 7) is 5.98. The fourth-order valence-electron chi connectivity index (χ4n) is 1.46. The topological polar surface area (TPSA) is 36.7 Å². The van der Waals surface area contributed by atoms with Crippen LogP contribution >= 0.6 is 11.3 Å². The lowest BCUT2D eigenvalue weighted by molar-refractivity contribution is 0.675. The van der Waals surface area contributed by atoms with Gasteiger partial charge in [0.2, 0.25) is 0 Å². The molecule has 0 aliphatic heterocycles. The summed E-state index contributed by atoms with van der Waals surface area (Å²) in [5.74, 6) is 0.689. The van der Waals surface area contributed by atoms with Gasteiger partial charge in [0.05, 0.1) is 11.8 Å². The molecule has 3 heteroatoms. The molecule has 0 unspecified atom stereocenters. The van der Waals surface area contributed by atoms with E-state index in [1.807, 2.05) is 13.8 Å². The van der Waals surface area contributed by atoms with Crippen LogP contribution in [0.25, 0.3) is 0 Å². The lowest BCUT2D eigenvalue weighted by Crippen LogP contribution is -2.13. The number of rotatable bonds is 2. The Morgan fingerprint density at radius 2 is 2.14 bits per heavy atom. The van der Waals surface area contributed by atoms with Crippen LogP contribution in [0.3, 0.4) is 0 Å². The molecule has 14 heavy (non-hydrogen) atoms. The van der Waals surface area contributed by atoms with Crippen molar-refractivity contribution in [1.29, 1.82) is 5.26 Å². The Morgan fingerprint density at radius 3 is 2.64 bits per heavy atom. The number of nitriles is 1. The highest BCUT2D eigenvalue weighted by Crippen LogP contribution is 2.43. The zero-order chi connectivity index (χ0) is 10.3. The predicted octanol–water partition coefficient (Wildman–Crippen LogP) is 3.13. The summed E-state index contributed by atoms with van der Waals surface area (Å²) < 4.78 is 0. The summed E-state index contributed by atoms with van der Waals surface area (Å²) >= 11 is 1.68. The standard InChI is InChI=1S/C11H14N2S/c1-7-9(8-4-5-8)13-10(14-7)11(2,3)6-12/h8H,4-5H2,1-3H3. The molecule has 74 valence electrons.